The summed E-state index contributed by atoms with van der Waals surface area (Å²) in [6, 6.07) is -0.183. The van der Waals surface area contributed by atoms with Gasteiger partial charge in [0, 0.05) is 20.1 Å². The number of carbonyl (C=O) groups is 2. The van der Waals surface area contributed by atoms with Gasteiger partial charge in [-0.15, -0.1) is 0 Å². The molecular formula is C12H22N2O3. The van der Waals surface area contributed by atoms with E-state index in [4.69, 9.17) is 5.11 Å². The van der Waals surface area contributed by atoms with Gasteiger partial charge >= 0.3 is 12.0 Å². The summed E-state index contributed by atoms with van der Waals surface area (Å²) in [7, 11) is 1.74. The van der Waals surface area contributed by atoms with Gasteiger partial charge in [0.25, 0.3) is 0 Å². The average molecular weight is 242 g/mol. The Morgan fingerprint density at radius 1 is 1.47 bits per heavy atom. The van der Waals surface area contributed by atoms with E-state index in [-0.39, 0.29) is 12.6 Å². The molecule has 2 N–H and O–H groups in total. The molecule has 1 aliphatic rings. The summed E-state index contributed by atoms with van der Waals surface area (Å²) in [5.41, 5.74) is -0.688. The van der Waals surface area contributed by atoms with Crippen molar-refractivity contribution in [3.05, 3.63) is 0 Å². The van der Waals surface area contributed by atoms with E-state index in [1.807, 2.05) is 0 Å². The minimum Gasteiger partial charge on any atom is -0.481 e. The van der Waals surface area contributed by atoms with Crippen molar-refractivity contribution in [2.24, 2.45) is 11.3 Å². The predicted molar refractivity (Wildman–Crippen MR) is 64.8 cm³/mol. The summed E-state index contributed by atoms with van der Waals surface area (Å²) in [6.45, 7) is 5.11. The second-order valence-corrected chi connectivity index (χ2v) is 5.14. The number of hydrogen-bond donors (Lipinski definition) is 2. The van der Waals surface area contributed by atoms with Crippen LogP contribution < -0.4 is 5.32 Å². The fourth-order valence-electron chi connectivity index (χ4n) is 1.68. The molecule has 17 heavy (non-hydrogen) atoms. The van der Waals surface area contributed by atoms with Crippen molar-refractivity contribution in [2.75, 3.05) is 20.1 Å². The predicted octanol–water partition coefficient (Wildman–Crippen LogP) is 1.54. The molecule has 0 heterocycles. The second-order valence-electron chi connectivity index (χ2n) is 5.14. The maximum Gasteiger partial charge on any atom is 0.317 e. The molecular weight excluding hydrogens is 220 g/mol. The summed E-state index contributed by atoms with van der Waals surface area (Å²) in [5, 5.41) is 11.7. The van der Waals surface area contributed by atoms with Crippen LogP contribution in [-0.4, -0.2) is 42.1 Å². The van der Waals surface area contributed by atoms with E-state index >= 15 is 0 Å². The zero-order valence-electron chi connectivity index (χ0n) is 10.8. The number of aliphatic carboxylic acids is 1. The summed E-state index contributed by atoms with van der Waals surface area (Å²) < 4.78 is 0. The molecule has 1 atom stereocenters. The number of nitrogens with zero attached hydrogens (tertiary/aromatic N) is 1. The van der Waals surface area contributed by atoms with Crippen LogP contribution in [0.1, 0.15) is 33.1 Å². The molecule has 0 aromatic heterocycles. The molecule has 0 spiro atoms. The standard InChI is InChI=1S/C12H22N2O3/c1-4-9(2)7-14(3)11(17)13-8-12(5-6-12)10(15)16/h9H,4-8H2,1-3H3,(H,13,17)(H,15,16). The Morgan fingerprint density at radius 2 is 2.06 bits per heavy atom. The number of rotatable bonds is 6. The number of urea groups is 1. The van der Waals surface area contributed by atoms with Crippen LogP contribution in [0.5, 0.6) is 0 Å². The van der Waals surface area contributed by atoms with Gasteiger partial charge in [-0.1, -0.05) is 20.3 Å². The summed E-state index contributed by atoms with van der Waals surface area (Å²) in [6.07, 6.45) is 2.35. The number of amides is 2. The molecule has 1 unspecified atom stereocenters. The molecule has 0 bridgehead atoms. The van der Waals surface area contributed by atoms with Gasteiger partial charge in [-0.25, -0.2) is 4.79 Å². The lowest BCUT2D eigenvalue weighted by atomic mass is 10.1. The van der Waals surface area contributed by atoms with E-state index in [9.17, 15) is 9.59 Å². The molecule has 2 amide bonds. The summed E-state index contributed by atoms with van der Waals surface area (Å²) in [5.74, 6) is -0.345. The minimum atomic E-state index is -0.803. The first-order valence-electron chi connectivity index (χ1n) is 6.13. The van der Waals surface area contributed by atoms with Crippen LogP contribution in [0.4, 0.5) is 4.79 Å². The van der Waals surface area contributed by atoms with Gasteiger partial charge in [0.2, 0.25) is 0 Å². The monoisotopic (exact) mass is 242 g/mol. The quantitative estimate of drug-likeness (QED) is 0.742. The lowest BCUT2D eigenvalue weighted by Gasteiger charge is -2.22. The number of hydrogen-bond acceptors (Lipinski definition) is 2. The Hall–Kier alpha value is -1.26. The van der Waals surface area contributed by atoms with E-state index in [0.29, 0.717) is 25.3 Å². The van der Waals surface area contributed by atoms with Crippen LogP contribution in [0.2, 0.25) is 0 Å². The maximum absolute atomic E-state index is 11.7. The lowest BCUT2D eigenvalue weighted by Crippen LogP contribution is -2.43. The Kier molecular flexibility index (Phi) is 4.37. The SMILES string of the molecule is CCC(C)CN(C)C(=O)NCC1(C(=O)O)CC1. The van der Waals surface area contributed by atoms with Crippen molar-refractivity contribution in [1.29, 1.82) is 0 Å². The third-order valence-electron chi connectivity index (χ3n) is 3.51. The molecule has 1 rings (SSSR count). The molecule has 0 aromatic carbocycles. The third kappa shape index (κ3) is 3.61. The van der Waals surface area contributed by atoms with Crippen LogP contribution in [0.15, 0.2) is 0 Å². The van der Waals surface area contributed by atoms with Gasteiger partial charge in [-0.2, -0.15) is 0 Å². The molecule has 1 aliphatic carbocycles. The number of carboxylic acids is 1. The van der Waals surface area contributed by atoms with Gasteiger partial charge in [0.1, 0.15) is 0 Å². The Balaban J connectivity index is 2.32. The highest BCUT2D eigenvalue weighted by Crippen LogP contribution is 2.45. The second kappa shape index (κ2) is 5.38. The van der Waals surface area contributed by atoms with Crippen LogP contribution in [0.25, 0.3) is 0 Å². The van der Waals surface area contributed by atoms with Crippen LogP contribution in [-0.2, 0) is 4.79 Å². The van der Waals surface area contributed by atoms with Gasteiger partial charge < -0.3 is 15.3 Å². The van der Waals surface area contributed by atoms with Crippen molar-refractivity contribution in [3.63, 3.8) is 0 Å². The zero-order chi connectivity index (χ0) is 13.1. The van der Waals surface area contributed by atoms with E-state index in [1.165, 1.54) is 0 Å². The van der Waals surface area contributed by atoms with Gasteiger partial charge in [-0.3, -0.25) is 4.79 Å². The molecule has 0 saturated heterocycles. The van der Waals surface area contributed by atoms with Crippen molar-refractivity contribution in [2.45, 2.75) is 33.1 Å². The van der Waals surface area contributed by atoms with Crippen molar-refractivity contribution < 1.29 is 14.7 Å². The number of nitrogens with one attached hydrogen (secondary N) is 1. The smallest absolute Gasteiger partial charge is 0.317 e. The zero-order valence-corrected chi connectivity index (χ0v) is 10.8. The average Bonchev–Trinajstić information content (AvgIpc) is 3.06. The summed E-state index contributed by atoms with van der Waals surface area (Å²) in [4.78, 5) is 24.3. The molecule has 98 valence electrons. The molecule has 0 radical (unpaired) electrons. The van der Waals surface area contributed by atoms with Crippen LogP contribution in [0, 0.1) is 11.3 Å². The van der Waals surface area contributed by atoms with Crippen molar-refractivity contribution in [3.8, 4) is 0 Å². The van der Waals surface area contributed by atoms with Gasteiger partial charge in [-0.05, 0) is 18.8 Å². The van der Waals surface area contributed by atoms with Gasteiger partial charge in [0.15, 0.2) is 0 Å². The Morgan fingerprint density at radius 3 is 2.47 bits per heavy atom. The van der Waals surface area contributed by atoms with E-state index in [1.54, 1.807) is 11.9 Å². The van der Waals surface area contributed by atoms with E-state index in [0.717, 1.165) is 6.42 Å². The highest BCUT2D eigenvalue weighted by molar-refractivity contribution is 5.80. The molecule has 1 fully saturated rings. The molecule has 5 nitrogen and oxygen atoms in total. The molecule has 5 heteroatoms. The maximum atomic E-state index is 11.7. The first-order chi connectivity index (χ1) is 7.91. The summed E-state index contributed by atoms with van der Waals surface area (Å²) >= 11 is 0. The molecule has 1 saturated carbocycles. The Bertz CT molecular complexity index is 300. The number of carboxylic acid groups (broad SMARTS) is 1. The van der Waals surface area contributed by atoms with Crippen LogP contribution in [0.3, 0.4) is 0 Å². The van der Waals surface area contributed by atoms with Crippen molar-refractivity contribution in [1.82, 2.24) is 10.2 Å². The number of carbonyl (C=O) groups excluding carboxylic acids is 1. The topological polar surface area (TPSA) is 69.6 Å². The van der Waals surface area contributed by atoms with E-state index < -0.39 is 11.4 Å². The fourth-order valence-corrected chi connectivity index (χ4v) is 1.68. The van der Waals surface area contributed by atoms with Gasteiger partial charge in [0.05, 0.1) is 5.41 Å². The normalized spacial score (nSPS) is 18.3. The van der Waals surface area contributed by atoms with E-state index in [2.05, 4.69) is 19.2 Å². The minimum absolute atomic E-state index is 0.183. The fraction of sp³-hybridized carbons (Fsp3) is 0.833. The first kappa shape index (κ1) is 13.8. The van der Waals surface area contributed by atoms with Crippen molar-refractivity contribution >= 4 is 12.0 Å². The molecule has 0 aromatic rings. The highest BCUT2D eigenvalue weighted by atomic mass is 16.4. The lowest BCUT2D eigenvalue weighted by molar-refractivity contribution is -0.143. The largest absolute Gasteiger partial charge is 0.481 e. The Labute approximate surface area is 102 Å². The first-order valence-corrected chi connectivity index (χ1v) is 6.13. The third-order valence-corrected chi connectivity index (χ3v) is 3.51. The van der Waals surface area contributed by atoms with Crippen LogP contribution >= 0.6 is 0 Å². The highest BCUT2D eigenvalue weighted by Gasteiger charge is 2.50. The molecule has 0 aliphatic heterocycles.